The van der Waals surface area contributed by atoms with Crippen LogP contribution < -0.4 is 9.47 Å². The van der Waals surface area contributed by atoms with E-state index in [1.807, 2.05) is 0 Å². The van der Waals surface area contributed by atoms with E-state index in [9.17, 15) is 19.2 Å². The van der Waals surface area contributed by atoms with Crippen molar-refractivity contribution in [2.75, 3.05) is 26.4 Å². The third kappa shape index (κ3) is 26.0. The maximum Gasteiger partial charge on any atom is 0.335 e. The second kappa shape index (κ2) is 29.9. The lowest BCUT2D eigenvalue weighted by Crippen LogP contribution is -2.02. The number of carbonyl (C=O) groups excluding carboxylic acids is 2. The average Bonchev–Trinajstić information content (AvgIpc) is 3.05. The van der Waals surface area contributed by atoms with Gasteiger partial charge in [-0.3, -0.25) is 4.79 Å². The molecule has 0 fully saturated rings. The lowest BCUT2D eigenvalue weighted by Gasteiger charge is -2.06. The maximum atomic E-state index is 10.8. The number of carboxylic acid groups (broad SMARTS) is 2. The van der Waals surface area contributed by atoms with Crippen LogP contribution in [0.2, 0.25) is 0 Å². The molecule has 2 aromatic carbocycles. The highest BCUT2D eigenvalue weighted by Gasteiger charge is 2.03. The van der Waals surface area contributed by atoms with Gasteiger partial charge in [-0.1, -0.05) is 33.4 Å². The highest BCUT2D eigenvalue weighted by atomic mass is 35.5. The zero-order valence-corrected chi connectivity index (χ0v) is 26.7. The highest BCUT2D eigenvalue weighted by molar-refractivity contribution is 6.66. The number of aliphatic hydroxyl groups is 1. The molecule has 0 bridgehead atoms. The molecule has 0 aliphatic heterocycles. The van der Waals surface area contributed by atoms with Gasteiger partial charge >= 0.3 is 17.9 Å². The molecular weight excluding hydrogens is 604 g/mol. The SMILES string of the molecule is C=CC(=O)Cl.C=CC(=O)OCCCCCCOc1ccc(C(=O)O)cc1.O=C(O)c1ccc(OCCCCCCO)cc1.[2H]CC. The molecule has 0 aliphatic rings. The van der Waals surface area contributed by atoms with Crippen molar-refractivity contribution in [3.63, 3.8) is 0 Å². The zero-order chi connectivity index (χ0) is 35.0. The Morgan fingerprint density at radius 2 is 1.07 bits per heavy atom. The fourth-order valence-corrected chi connectivity index (χ4v) is 3.12. The number of carbonyl (C=O) groups is 4. The van der Waals surface area contributed by atoms with Gasteiger partial charge in [0.25, 0.3) is 0 Å². The zero-order valence-electron chi connectivity index (χ0n) is 27.0. The number of rotatable bonds is 19. The average molecular weight is 652 g/mol. The van der Waals surface area contributed by atoms with Gasteiger partial charge < -0.3 is 29.5 Å². The van der Waals surface area contributed by atoms with Crippen LogP contribution >= 0.6 is 11.6 Å². The van der Waals surface area contributed by atoms with Gasteiger partial charge in [0.15, 0.2) is 0 Å². The van der Waals surface area contributed by atoms with Crippen LogP contribution in [0, 0.1) is 0 Å². The normalized spacial score (nSPS) is 9.62. The first-order valence-electron chi connectivity index (χ1n) is 15.2. The topological polar surface area (TPSA) is 157 Å². The number of hydrogen-bond acceptors (Lipinski definition) is 8. The summed E-state index contributed by atoms with van der Waals surface area (Å²) < 4.78 is 22.0. The molecule has 10 nitrogen and oxygen atoms in total. The van der Waals surface area contributed by atoms with E-state index in [1.165, 1.54) is 24.3 Å². The van der Waals surface area contributed by atoms with Gasteiger partial charge in [0.1, 0.15) is 11.5 Å². The molecular formula is C34H47ClO10. The molecule has 45 heavy (non-hydrogen) atoms. The summed E-state index contributed by atoms with van der Waals surface area (Å²) >= 11 is 4.71. The number of carboxylic acids is 2. The first-order chi connectivity index (χ1) is 22.1. The predicted molar refractivity (Wildman–Crippen MR) is 175 cm³/mol. The van der Waals surface area contributed by atoms with Gasteiger partial charge in [0, 0.05) is 14.1 Å². The monoisotopic (exact) mass is 651 g/mol. The predicted octanol–water partition coefficient (Wildman–Crippen LogP) is 7.33. The van der Waals surface area contributed by atoms with E-state index in [1.54, 1.807) is 31.2 Å². The van der Waals surface area contributed by atoms with Crippen molar-refractivity contribution < 1.29 is 50.1 Å². The van der Waals surface area contributed by atoms with E-state index < -0.39 is 17.2 Å². The number of allylic oxidation sites excluding steroid dienone is 1. The van der Waals surface area contributed by atoms with Crippen molar-refractivity contribution in [2.45, 2.75) is 65.2 Å². The summed E-state index contributed by atoms with van der Waals surface area (Å²) in [5.74, 6) is -0.903. The molecule has 3 N–H and O–H groups in total. The molecule has 250 valence electrons. The molecule has 0 unspecified atom stereocenters. The fourth-order valence-electron chi connectivity index (χ4n) is 3.12. The molecule has 0 heterocycles. The van der Waals surface area contributed by atoms with Crippen molar-refractivity contribution in [1.82, 2.24) is 0 Å². The number of halogens is 1. The van der Waals surface area contributed by atoms with E-state index in [4.69, 9.17) is 42.5 Å². The number of unbranched alkanes of at least 4 members (excludes halogenated alkanes) is 6. The van der Waals surface area contributed by atoms with Gasteiger partial charge in [-0.25, -0.2) is 14.4 Å². The van der Waals surface area contributed by atoms with E-state index in [0.717, 1.165) is 63.5 Å². The number of aromatic carboxylic acids is 2. The summed E-state index contributed by atoms with van der Waals surface area (Å²) in [5, 5.41) is 25.6. The second-order valence-electron chi connectivity index (χ2n) is 8.79. The molecule has 0 amide bonds. The molecule has 2 rings (SSSR count). The van der Waals surface area contributed by atoms with Crippen molar-refractivity contribution in [3.05, 3.63) is 85.0 Å². The Bertz CT molecular complexity index is 1120. The molecule has 0 spiro atoms. The molecule has 0 radical (unpaired) electrons. The van der Waals surface area contributed by atoms with Crippen LogP contribution in [0.1, 0.15) is 87.3 Å². The third-order valence-corrected chi connectivity index (χ3v) is 5.56. The molecule has 0 aliphatic carbocycles. The van der Waals surface area contributed by atoms with E-state index >= 15 is 0 Å². The number of ether oxygens (including phenoxy) is 3. The molecule has 0 aromatic heterocycles. The number of esters is 1. The summed E-state index contributed by atoms with van der Waals surface area (Å²) in [5.41, 5.74) is 0.511. The number of benzene rings is 2. The quantitative estimate of drug-likeness (QED) is 0.0608. The van der Waals surface area contributed by atoms with Crippen LogP contribution in [0.5, 0.6) is 11.5 Å². The molecule has 0 atom stereocenters. The third-order valence-electron chi connectivity index (χ3n) is 5.40. The molecule has 11 heteroatoms. The van der Waals surface area contributed by atoms with Gasteiger partial charge in [-0.15, -0.1) is 0 Å². The first-order valence-corrected chi connectivity index (χ1v) is 14.9. The summed E-state index contributed by atoms with van der Waals surface area (Å²) in [6, 6.07) is 12.7. The van der Waals surface area contributed by atoms with Gasteiger partial charge in [-0.2, -0.15) is 0 Å². The summed E-state index contributed by atoms with van der Waals surface area (Å²) in [6.45, 7) is 10.6. The summed E-state index contributed by atoms with van der Waals surface area (Å²) in [7, 11) is 0. The lowest BCUT2D eigenvalue weighted by atomic mass is 10.2. The van der Waals surface area contributed by atoms with Gasteiger partial charge in [-0.05, 0) is 111 Å². The van der Waals surface area contributed by atoms with E-state index in [0.29, 0.717) is 38.2 Å². The minimum Gasteiger partial charge on any atom is -0.494 e. The molecule has 0 saturated carbocycles. The fraction of sp³-hybridized carbons (Fsp3) is 0.412. The number of aliphatic hydroxyl groups excluding tert-OH is 1. The Morgan fingerprint density at radius 1 is 0.711 bits per heavy atom. The van der Waals surface area contributed by atoms with Crippen LogP contribution in [-0.4, -0.2) is 64.9 Å². The van der Waals surface area contributed by atoms with Gasteiger partial charge in [0.05, 0.1) is 30.9 Å². The Kier molecular flexibility index (Phi) is 27.1. The minimum atomic E-state index is -0.946. The Labute approximate surface area is 272 Å². The van der Waals surface area contributed by atoms with Crippen molar-refractivity contribution in [2.24, 2.45) is 0 Å². The van der Waals surface area contributed by atoms with Gasteiger partial charge in [0.2, 0.25) is 5.24 Å². The van der Waals surface area contributed by atoms with Crippen LogP contribution in [0.25, 0.3) is 0 Å². The summed E-state index contributed by atoms with van der Waals surface area (Å²) in [6.07, 6.45) is 9.71. The van der Waals surface area contributed by atoms with Crippen molar-refractivity contribution in [3.8, 4) is 11.5 Å². The Balaban J connectivity index is 0. The summed E-state index contributed by atoms with van der Waals surface area (Å²) in [4.78, 5) is 41.5. The Morgan fingerprint density at radius 3 is 1.38 bits per heavy atom. The van der Waals surface area contributed by atoms with Crippen LogP contribution in [-0.2, 0) is 14.3 Å². The Hall–Kier alpha value is -4.15. The van der Waals surface area contributed by atoms with Crippen molar-refractivity contribution >= 4 is 34.8 Å². The van der Waals surface area contributed by atoms with Crippen LogP contribution in [0.3, 0.4) is 0 Å². The van der Waals surface area contributed by atoms with Crippen LogP contribution in [0.15, 0.2) is 73.8 Å². The smallest absolute Gasteiger partial charge is 0.335 e. The van der Waals surface area contributed by atoms with E-state index in [2.05, 4.69) is 13.2 Å². The second-order valence-corrected chi connectivity index (χ2v) is 9.16. The highest BCUT2D eigenvalue weighted by Crippen LogP contribution is 2.14. The van der Waals surface area contributed by atoms with Crippen molar-refractivity contribution in [1.29, 1.82) is 0 Å². The maximum absolute atomic E-state index is 10.8. The van der Waals surface area contributed by atoms with E-state index in [-0.39, 0.29) is 23.7 Å². The largest absolute Gasteiger partial charge is 0.494 e. The number of hydrogen-bond donors (Lipinski definition) is 3. The van der Waals surface area contributed by atoms with Crippen LogP contribution in [0.4, 0.5) is 0 Å². The molecule has 2 aromatic rings. The lowest BCUT2D eigenvalue weighted by molar-refractivity contribution is -0.137. The first kappa shape index (κ1) is 40.9. The minimum absolute atomic E-state index is 0.247. The standard InChI is InChI=1S/C16H20O5.C13H18O4.C3H3ClO.C2H6/c1-2-15(17)21-12-6-4-3-5-11-20-14-9-7-13(8-10-14)16(18)19;14-9-3-1-2-4-10-17-12-7-5-11(6-8-12)13(15)16;1-2-3(4)5;1-2/h2,7-10H,1,3-6,11-12H2,(H,18,19);5-8,14H,1-4,9-10H2,(H,15,16);2H,1H2;1-2H3/i;;;1D. The molecule has 0 saturated heterocycles.